The predicted molar refractivity (Wildman–Crippen MR) is 44.6 cm³/mol. The molecule has 0 aromatic carbocycles. The van der Waals surface area contributed by atoms with Gasteiger partial charge in [0, 0.05) is 20.6 Å². The average molecular weight is 146 g/mol. The quantitative estimate of drug-likeness (QED) is 0.581. The fraction of sp³-hybridized carbons (Fsp3) is 0.833. The summed E-state index contributed by atoms with van der Waals surface area (Å²) in [5.74, 6) is 0. The second kappa shape index (κ2) is 4.56. The van der Waals surface area contributed by atoms with Crippen LogP contribution < -0.4 is 5.32 Å². The normalized spacial score (nSPS) is 8.78. The van der Waals surface area contributed by atoms with Crippen LogP contribution in [0.3, 0.4) is 0 Å². The fourth-order valence-corrected chi connectivity index (χ4v) is 0.719. The lowest BCUT2D eigenvalue weighted by atomic mass is 10.4. The summed E-state index contributed by atoms with van der Waals surface area (Å²) in [6, 6.07) is 0. The second-order valence-corrected chi connectivity index (χ2v) is 2.36. The first-order chi connectivity index (χ1) is 4.22. The monoisotopic (exact) mass is 146 g/mol. The van der Waals surface area contributed by atoms with Crippen LogP contribution in [0.2, 0.25) is 0 Å². The molecule has 0 bridgehead atoms. The van der Waals surface area contributed by atoms with E-state index in [4.69, 9.17) is 12.2 Å². The van der Waals surface area contributed by atoms with Gasteiger partial charge in [-0.2, -0.15) is 0 Å². The second-order valence-electron chi connectivity index (χ2n) is 1.98. The van der Waals surface area contributed by atoms with Crippen LogP contribution in [0.15, 0.2) is 0 Å². The smallest absolute Gasteiger partial charge is 0.168 e. The van der Waals surface area contributed by atoms with Crippen molar-refractivity contribution < 1.29 is 0 Å². The Bertz CT molecular complexity index is 93.1. The van der Waals surface area contributed by atoms with Gasteiger partial charge in [-0.3, -0.25) is 0 Å². The molecular weight excluding hydrogens is 132 g/mol. The van der Waals surface area contributed by atoms with Crippen molar-refractivity contribution in [3.63, 3.8) is 0 Å². The maximum absolute atomic E-state index is 4.96. The standard InChI is InChI=1S/C6H14N2S/c1-4-5-8(3)6(9)7-2/h4-5H2,1-3H3,(H,7,9). The highest BCUT2D eigenvalue weighted by molar-refractivity contribution is 7.80. The van der Waals surface area contributed by atoms with Crippen LogP contribution in [-0.2, 0) is 0 Å². The first-order valence-electron chi connectivity index (χ1n) is 3.15. The van der Waals surface area contributed by atoms with Crippen LogP contribution >= 0.6 is 12.2 Å². The molecule has 1 N–H and O–H groups in total. The van der Waals surface area contributed by atoms with Gasteiger partial charge in [0.1, 0.15) is 0 Å². The van der Waals surface area contributed by atoms with E-state index in [1.54, 1.807) is 0 Å². The van der Waals surface area contributed by atoms with Crippen molar-refractivity contribution in [2.24, 2.45) is 0 Å². The molecular formula is C6H14N2S. The van der Waals surface area contributed by atoms with Crippen LogP contribution in [0.4, 0.5) is 0 Å². The minimum absolute atomic E-state index is 0.817. The molecule has 0 saturated carbocycles. The fourth-order valence-electron chi connectivity index (χ4n) is 0.628. The van der Waals surface area contributed by atoms with Gasteiger partial charge in [0.05, 0.1) is 0 Å². The first-order valence-corrected chi connectivity index (χ1v) is 3.56. The number of rotatable bonds is 2. The Morgan fingerprint density at radius 3 is 2.56 bits per heavy atom. The lowest BCUT2D eigenvalue weighted by molar-refractivity contribution is 0.495. The zero-order valence-corrected chi connectivity index (χ0v) is 7.09. The lowest BCUT2D eigenvalue weighted by Gasteiger charge is -2.17. The van der Waals surface area contributed by atoms with Gasteiger partial charge < -0.3 is 10.2 Å². The molecule has 0 aliphatic carbocycles. The molecule has 3 heteroatoms. The van der Waals surface area contributed by atoms with Gasteiger partial charge in [0.2, 0.25) is 0 Å². The van der Waals surface area contributed by atoms with Gasteiger partial charge in [-0.25, -0.2) is 0 Å². The number of nitrogens with one attached hydrogen (secondary N) is 1. The Morgan fingerprint density at radius 1 is 1.67 bits per heavy atom. The molecule has 0 amide bonds. The Hall–Kier alpha value is -0.310. The van der Waals surface area contributed by atoms with Crippen LogP contribution in [0, 0.1) is 0 Å². The third-order valence-electron chi connectivity index (χ3n) is 1.12. The molecule has 0 radical (unpaired) electrons. The molecule has 54 valence electrons. The van der Waals surface area contributed by atoms with E-state index in [1.165, 1.54) is 0 Å². The van der Waals surface area contributed by atoms with Gasteiger partial charge in [-0.05, 0) is 18.6 Å². The summed E-state index contributed by atoms with van der Waals surface area (Å²) in [5.41, 5.74) is 0. The Labute approximate surface area is 62.2 Å². The Balaban J connectivity index is 3.45. The van der Waals surface area contributed by atoms with E-state index in [1.807, 2.05) is 19.0 Å². The minimum Gasteiger partial charge on any atom is -0.366 e. The van der Waals surface area contributed by atoms with Crippen molar-refractivity contribution in [3.8, 4) is 0 Å². The SMILES string of the molecule is CCCN(C)C(=S)NC. The summed E-state index contributed by atoms with van der Waals surface area (Å²) >= 11 is 4.96. The molecule has 0 spiro atoms. The molecule has 0 unspecified atom stereocenters. The summed E-state index contributed by atoms with van der Waals surface area (Å²) in [6.07, 6.45) is 1.14. The van der Waals surface area contributed by atoms with E-state index in [2.05, 4.69) is 12.2 Å². The van der Waals surface area contributed by atoms with Crippen molar-refractivity contribution in [2.75, 3.05) is 20.6 Å². The van der Waals surface area contributed by atoms with Gasteiger partial charge in [-0.15, -0.1) is 0 Å². The molecule has 2 nitrogen and oxygen atoms in total. The Kier molecular flexibility index (Phi) is 4.40. The summed E-state index contributed by atoms with van der Waals surface area (Å²) in [7, 11) is 3.83. The lowest BCUT2D eigenvalue weighted by Crippen LogP contribution is -2.34. The van der Waals surface area contributed by atoms with E-state index >= 15 is 0 Å². The van der Waals surface area contributed by atoms with Crippen LogP contribution in [-0.4, -0.2) is 30.7 Å². The van der Waals surface area contributed by atoms with Crippen molar-refractivity contribution in [1.82, 2.24) is 10.2 Å². The zero-order chi connectivity index (χ0) is 7.28. The van der Waals surface area contributed by atoms with Gasteiger partial charge in [0.25, 0.3) is 0 Å². The van der Waals surface area contributed by atoms with E-state index in [-0.39, 0.29) is 0 Å². The third kappa shape index (κ3) is 3.30. The molecule has 0 aliphatic heterocycles. The predicted octanol–water partition coefficient (Wildman–Crippen LogP) is 0.833. The Morgan fingerprint density at radius 2 is 2.22 bits per heavy atom. The average Bonchev–Trinajstić information content (AvgIpc) is 1.87. The molecule has 9 heavy (non-hydrogen) atoms. The number of hydrogen-bond acceptors (Lipinski definition) is 1. The van der Waals surface area contributed by atoms with Gasteiger partial charge in [-0.1, -0.05) is 6.92 Å². The first kappa shape index (κ1) is 8.69. The van der Waals surface area contributed by atoms with E-state index < -0.39 is 0 Å². The molecule has 0 aromatic heterocycles. The van der Waals surface area contributed by atoms with E-state index in [9.17, 15) is 0 Å². The molecule has 0 rings (SSSR count). The summed E-state index contributed by atoms with van der Waals surface area (Å²) in [4.78, 5) is 2.02. The van der Waals surface area contributed by atoms with E-state index in [0.29, 0.717) is 0 Å². The largest absolute Gasteiger partial charge is 0.366 e. The maximum atomic E-state index is 4.96. The van der Waals surface area contributed by atoms with Crippen molar-refractivity contribution in [3.05, 3.63) is 0 Å². The molecule has 0 atom stereocenters. The molecule has 0 aromatic rings. The number of thiocarbonyl (C=S) groups is 1. The zero-order valence-electron chi connectivity index (χ0n) is 6.27. The highest BCUT2D eigenvalue weighted by Crippen LogP contribution is 1.85. The van der Waals surface area contributed by atoms with Crippen molar-refractivity contribution in [2.45, 2.75) is 13.3 Å². The minimum atomic E-state index is 0.817. The summed E-state index contributed by atoms with van der Waals surface area (Å²) in [6.45, 7) is 3.16. The number of hydrogen-bond donors (Lipinski definition) is 1. The van der Waals surface area contributed by atoms with Crippen LogP contribution in [0.25, 0.3) is 0 Å². The highest BCUT2D eigenvalue weighted by Gasteiger charge is 1.96. The van der Waals surface area contributed by atoms with Gasteiger partial charge in [0.15, 0.2) is 5.11 Å². The summed E-state index contributed by atoms with van der Waals surface area (Å²) in [5, 5.41) is 3.72. The van der Waals surface area contributed by atoms with Crippen molar-refractivity contribution in [1.29, 1.82) is 0 Å². The molecule has 0 saturated heterocycles. The van der Waals surface area contributed by atoms with Crippen LogP contribution in [0.1, 0.15) is 13.3 Å². The van der Waals surface area contributed by atoms with Crippen molar-refractivity contribution >= 4 is 17.3 Å². The third-order valence-corrected chi connectivity index (χ3v) is 1.64. The topological polar surface area (TPSA) is 15.3 Å². The molecule has 0 heterocycles. The highest BCUT2D eigenvalue weighted by atomic mass is 32.1. The van der Waals surface area contributed by atoms with Gasteiger partial charge >= 0.3 is 0 Å². The van der Waals surface area contributed by atoms with Crippen LogP contribution in [0.5, 0.6) is 0 Å². The number of nitrogens with zero attached hydrogens (tertiary/aromatic N) is 1. The maximum Gasteiger partial charge on any atom is 0.168 e. The molecule has 0 fully saturated rings. The molecule has 0 aliphatic rings. The summed E-state index contributed by atoms with van der Waals surface area (Å²) < 4.78 is 0. The van der Waals surface area contributed by atoms with E-state index in [0.717, 1.165) is 18.1 Å².